The average molecular weight is 568 g/mol. The van der Waals surface area contributed by atoms with Gasteiger partial charge in [-0.2, -0.15) is 0 Å². The van der Waals surface area contributed by atoms with E-state index in [4.69, 9.17) is 18.9 Å². The van der Waals surface area contributed by atoms with Crippen molar-refractivity contribution in [3.8, 4) is 23.3 Å². The highest BCUT2D eigenvalue weighted by Crippen LogP contribution is 2.42. The van der Waals surface area contributed by atoms with Crippen LogP contribution in [0.5, 0.6) is 11.5 Å². The van der Waals surface area contributed by atoms with E-state index in [1.165, 1.54) is 6.20 Å². The molecule has 2 aliphatic rings. The van der Waals surface area contributed by atoms with E-state index in [0.29, 0.717) is 11.5 Å². The molecule has 3 aromatic carbocycles. The third-order valence-electron chi connectivity index (χ3n) is 7.71. The molecule has 2 N–H and O–H groups in total. The molecular weight excluding hydrogens is 534 g/mol. The molecule has 1 amide bonds. The van der Waals surface area contributed by atoms with Gasteiger partial charge in [0.1, 0.15) is 29.1 Å². The normalized spacial score (nSPS) is 22.0. The van der Waals surface area contributed by atoms with Crippen LogP contribution in [-0.4, -0.2) is 55.9 Å². The number of rotatable bonds is 9. The minimum Gasteiger partial charge on any atom is -0.497 e. The van der Waals surface area contributed by atoms with Crippen LogP contribution >= 0.6 is 0 Å². The lowest BCUT2D eigenvalue weighted by molar-refractivity contribution is -0.141. The maximum absolute atomic E-state index is 13.1. The molecule has 3 aromatic rings. The standard InChI is InChI=1S/C34H33NO7/c1-4-8-22-20-35-33(38)31(32(22)37)29-19-28(36)30(42-29)21-41-34(23-9-6-5-7-10-23,24-11-15-26(39-2)16-12-24)25-13-17-27(40-3)18-14-25/h5-7,9-18,20,28-31,36H,19,21H2,1-3H3,(H,35,38)/t28-,29+,30+,31?/m0/s1. The SMILES string of the molecule is CC#CC1=CNC(=O)C([C@H]2C[C@H](O)[C@@H](COC(c3ccccc3)(c3ccc(OC)cc3)c3ccc(OC)cc3)O2)C1=O. The zero-order valence-corrected chi connectivity index (χ0v) is 23.7. The summed E-state index contributed by atoms with van der Waals surface area (Å²) in [6.07, 6.45) is -1.14. The smallest absolute Gasteiger partial charge is 0.237 e. The lowest BCUT2D eigenvalue weighted by Crippen LogP contribution is -2.45. The second-order valence-corrected chi connectivity index (χ2v) is 10.1. The van der Waals surface area contributed by atoms with Gasteiger partial charge in [-0.1, -0.05) is 60.5 Å². The van der Waals surface area contributed by atoms with Crippen molar-refractivity contribution in [2.24, 2.45) is 5.92 Å². The number of hydrogen-bond donors (Lipinski definition) is 2. The Kier molecular flexibility index (Phi) is 8.74. The van der Waals surface area contributed by atoms with Crippen molar-refractivity contribution < 1.29 is 33.6 Å². The molecule has 5 rings (SSSR count). The minimum atomic E-state index is -1.11. The highest BCUT2D eigenvalue weighted by Gasteiger charge is 2.47. The first-order valence-corrected chi connectivity index (χ1v) is 13.7. The number of ether oxygens (including phenoxy) is 4. The van der Waals surface area contributed by atoms with Crippen molar-refractivity contribution in [3.05, 3.63) is 107 Å². The fourth-order valence-corrected chi connectivity index (χ4v) is 5.57. The number of methoxy groups -OCH3 is 2. The quantitative estimate of drug-likeness (QED) is 0.231. The summed E-state index contributed by atoms with van der Waals surface area (Å²) in [4.78, 5) is 25.8. The largest absolute Gasteiger partial charge is 0.497 e. The van der Waals surface area contributed by atoms with Gasteiger partial charge in [-0.25, -0.2) is 0 Å². The van der Waals surface area contributed by atoms with Gasteiger partial charge in [0.25, 0.3) is 0 Å². The van der Waals surface area contributed by atoms with Crippen LogP contribution in [0, 0.1) is 17.8 Å². The number of aliphatic hydroxyl groups excluding tert-OH is 1. The fraction of sp³-hybridized carbons (Fsp3) is 0.294. The third-order valence-corrected chi connectivity index (χ3v) is 7.71. The molecule has 2 heterocycles. The lowest BCUT2D eigenvalue weighted by Gasteiger charge is -2.37. The summed E-state index contributed by atoms with van der Waals surface area (Å²) in [5.41, 5.74) is 1.63. The van der Waals surface area contributed by atoms with Gasteiger partial charge in [-0.05, 0) is 47.9 Å². The number of Topliss-reactive ketones (excluding diaryl/α,β-unsaturated/α-hetero) is 1. The van der Waals surface area contributed by atoms with Gasteiger partial charge in [-0.15, -0.1) is 5.92 Å². The molecule has 4 atom stereocenters. The molecule has 216 valence electrons. The Balaban J connectivity index is 1.49. The van der Waals surface area contributed by atoms with Crippen molar-refractivity contribution in [2.75, 3.05) is 20.8 Å². The molecule has 0 aliphatic carbocycles. The Morgan fingerprint density at radius 2 is 1.48 bits per heavy atom. The number of hydrogen-bond acceptors (Lipinski definition) is 7. The van der Waals surface area contributed by atoms with Crippen LogP contribution in [-0.2, 0) is 24.7 Å². The summed E-state index contributed by atoms with van der Waals surface area (Å²) in [7, 11) is 3.22. The number of aliphatic hydroxyl groups is 1. The van der Waals surface area contributed by atoms with Crippen LogP contribution in [0.15, 0.2) is 90.6 Å². The number of nitrogens with one attached hydrogen (secondary N) is 1. The summed E-state index contributed by atoms with van der Waals surface area (Å²) >= 11 is 0. The summed E-state index contributed by atoms with van der Waals surface area (Å²) in [6.45, 7) is 1.60. The minimum absolute atomic E-state index is 0.0232. The van der Waals surface area contributed by atoms with E-state index in [1.54, 1.807) is 21.1 Å². The van der Waals surface area contributed by atoms with E-state index >= 15 is 0 Å². The molecular formula is C34H33NO7. The van der Waals surface area contributed by atoms with Gasteiger partial charge < -0.3 is 29.4 Å². The van der Waals surface area contributed by atoms with Crippen LogP contribution in [0.3, 0.4) is 0 Å². The zero-order valence-electron chi connectivity index (χ0n) is 23.7. The molecule has 1 unspecified atom stereocenters. The molecule has 0 bridgehead atoms. The van der Waals surface area contributed by atoms with Crippen molar-refractivity contribution in [3.63, 3.8) is 0 Å². The predicted molar refractivity (Wildman–Crippen MR) is 156 cm³/mol. The maximum Gasteiger partial charge on any atom is 0.237 e. The fourth-order valence-electron chi connectivity index (χ4n) is 5.57. The molecule has 0 spiro atoms. The van der Waals surface area contributed by atoms with Crippen molar-refractivity contribution in [2.45, 2.75) is 37.3 Å². The molecule has 8 nitrogen and oxygen atoms in total. The first kappa shape index (κ1) is 29.1. The first-order valence-electron chi connectivity index (χ1n) is 13.7. The van der Waals surface area contributed by atoms with E-state index in [2.05, 4.69) is 17.2 Å². The van der Waals surface area contributed by atoms with Crippen molar-refractivity contribution >= 4 is 11.7 Å². The molecule has 1 saturated heterocycles. The Bertz CT molecular complexity index is 1460. The van der Waals surface area contributed by atoms with Crippen LogP contribution in [0.25, 0.3) is 0 Å². The summed E-state index contributed by atoms with van der Waals surface area (Å²) in [5, 5.41) is 13.7. The van der Waals surface area contributed by atoms with E-state index < -0.39 is 41.5 Å². The Morgan fingerprint density at radius 1 is 0.905 bits per heavy atom. The Hall–Kier alpha value is -4.42. The number of ketones is 1. The third kappa shape index (κ3) is 5.55. The van der Waals surface area contributed by atoms with Crippen molar-refractivity contribution in [1.82, 2.24) is 5.32 Å². The number of amides is 1. The van der Waals surface area contributed by atoms with Crippen LogP contribution in [0.2, 0.25) is 0 Å². The number of benzene rings is 3. The van der Waals surface area contributed by atoms with Crippen LogP contribution in [0.1, 0.15) is 30.0 Å². The van der Waals surface area contributed by atoms with Gasteiger partial charge in [0.2, 0.25) is 5.91 Å². The average Bonchev–Trinajstić information content (AvgIpc) is 3.39. The Labute approximate surface area is 245 Å². The summed E-state index contributed by atoms with van der Waals surface area (Å²) in [6, 6.07) is 25.0. The van der Waals surface area contributed by atoms with E-state index in [-0.39, 0.29) is 18.6 Å². The lowest BCUT2D eigenvalue weighted by atomic mass is 9.80. The number of allylic oxidation sites excluding steroid dienone is 1. The van der Waals surface area contributed by atoms with Crippen molar-refractivity contribution in [1.29, 1.82) is 0 Å². The summed E-state index contributed by atoms with van der Waals surface area (Å²) < 4.78 is 23.8. The number of carbonyl (C=O) groups excluding carboxylic acids is 2. The molecule has 0 aromatic heterocycles. The summed E-state index contributed by atoms with van der Waals surface area (Å²) in [5.74, 6) is 4.83. The van der Waals surface area contributed by atoms with Gasteiger partial charge in [0, 0.05) is 12.6 Å². The van der Waals surface area contributed by atoms with E-state index in [9.17, 15) is 14.7 Å². The topological polar surface area (TPSA) is 103 Å². The highest BCUT2D eigenvalue weighted by molar-refractivity contribution is 6.15. The van der Waals surface area contributed by atoms with Crippen LogP contribution in [0.4, 0.5) is 0 Å². The highest BCUT2D eigenvalue weighted by atomic mass is 16.6. The van der Waals surface area contributed by atoms with Gasteiger partial charge in [0.05, 0.1) is 38.6 Å². The monoisotopic (exact) mass is 567 g/mol. The second-order valence-electron chi connectivity index (χ2n) is 10.1. The number of carbonyl (C=O) groups is 2. The molecule has 2 aliphatic heterocycles. The molecule has 8 heteroatoms. The van der Waals surface area contributed by atoms with Crippen LogP contribution < -0.4 is 14.8 Å². The predicted octanol–water partition coefficient (Wildman–Crippen LogP) is 3.75. The van der Waals surface area contributed by atoms with Gasteiger partial charge >= 0.3 is 0 Å². The molecule has 0 radical (unpaired) electrons. The first-order chi connectivity index (χ1) is 20.4. The van der Waals surface area contributed by atoms with E-state index in [1.807, 2.05) is 78.9 Å². The zero-order chi connectivity index (χ0) is 29.7. The molecule has 0 saturated carbocycles. The molecule has 42 heavy (non-hydrogen) atoms. The maximum atomic E-state index is 13.1. The van der Waals surface area contributed by atoms with Gasteiger partial charge in [-0.3, -0.25) is 9.59 Å². The Morgan fingerprint density at radius 3 is 2.02 bits per heavy atom. The van der Waals surface area contributed by atoms with E-state index in [0.717, 1.165) is 16.7 Å². The second kappa shape index (κ2) is 12.6. The molecule has 1 fully saturated rings. The van der Waals surface area contributed by atoms with Gasteiger partial charge in [0.15, 0.2) is 5.78 Å².